The highest BCUT2D eigenvalue weighted by atomic mass is 15.1. The summed E-state index contributed by atoms with van der Waals surface area (Å²) in [7, 11) is 0. The monoisotopic (exact) mass is 230 g/mol. The zero-order valence-electron chi connectivity index (χ0n) is 9.89. The summed E-state index contributed by atoms with van der Waals surface area (Å²) in [5, 5.41) is 7.52. The third kappa shape index (κ3) is 2.17. The van der Waals surface area contributed by atoms with Crippen LogP contribution < -0.4 is 5.73 Å². The van der Waals surface area contributed by atoms with Gasteiger partial charge in [0, 0.05) is 17.7 Å². The standard InChI is InChI=1S/C13H18N4/c14-10-5-3-9(4-6-10)12-8-13(17-16-12)11-2-1-7-15-11/h1-2,8-10H,3-7,14H2,(H,16,17). The Balaban J connectivity index is 1.74. The van der Waals surface area contributed by atoms with Crippen molar-refractivity contribution >= 4 is 5.71 Å². The average molecular weight is 230 g/mol. The van der Waals surface area contributed by atoms with Gasteiger partial charge in [0.25, 0.3) is 0 Å². The van der Waals surface area contributed by atoms with Crippen molar-refractivity contribution in [2.45, 2.75) is 37.6 Å². The van der Waals surface area contributed by atoms with Crippen molar-refractivity contribution in [2.75, 3.05) is 6.54 Å². The van der Waals surface area contributed by atoms with Gasteiger partial charge in [-0.15, -0.1) is 0 Å². The fraction of sp³-hybridized carbons (Fsp3) is 0.538. The first-order valence-corrected chi connectivity index (χ1v) is 6.35. The number of nitrogens with zero attached hydrogens (tertiary/aromatic N) is 2. The van der Waals surface area contributed by atoms with Gasteiger partial charge in [-0.1, -0.05) is 6.08 Å². The van der Waals surface area contributed by atoms with Crippen molar-refractivity contribution < 1.29 is 0 Å². The third-order valence-electron chi connectivity index (χ3n) is 3.71. The topological polar surface area (TPSA) is 67.1 Å². The number of rotatable bonds is 2. The van der Waals surface area contributed by atoms with E-state index in [0.29, 0.717) is 12.0 Å². The van der Waals surface area contributed by atoms with Gasteiger partial charge in [-0.2, -0.15) is 5.10 Å². The van der Waals surface area contributed by atoms with Crippen LogP contribution in [0.5, 0.6) is 0 Å². The van der Waals surface area contributed by atoms with Crippen LogP contribution in [0, 0.1) is 0 Å². The molecule has 0 saturated heterocycles. The lowest BCUT2D eigenvalue weighted by Crippen LogP contribution is -2.25. The molecule has 2 heterocycles. The predicted molar refractivity (Wildman–Crippen MR) is 68.3 cm³/mol. The van der Waals surface area contributed by atoms with E-state index < -0.39 is 0 Å². The minimum atomic E-state index is 0.399. The van der Waals surface area contributed by atoms with Crippen molar-refractivity contribution in [1.82, 2.24) is 10.2 Å². The Hall–Kier alpha value is -1.42. The van der Waals surface area contributed by atoms with Crippen molar-refractivity contribution in [3.05, 3.63) is 29.6 Å². The molecular weight excluding hydrogens is 212 g/mol. The Kier molecular flexibility index (Phi) is 2.81. The molecule has 0 spiro atoms. The fourth-order valence-electron chi connectivity index (χ4n) is 2.64. The summed E-state index contributed by atoms with van der Waals surface area (Å²) in [4.78, 5) is 4.38. The number of hydrogen-bond acceptors (Lipinski definition) is 3. The lowest BCUT2D eigenvalue weighted by molar-refractivity contribution is 0.390. The van der Waals surface area contributed by atoms with Crippen LogP contribution in [-0.2, 0) is 0 Å². The van der Waals surface area contributed by atoms with E-state index >= 15 is 0 Å². The molecule has 0 unspecified atom stereocenters. The lowest BCUT2D eigenvalue weighted by atomic mass is 9.84. The average Bonchev–Trinajstić information content (AvgIpc) is 3.00. The second kappa shape index (κ2) is 4.45. The van der Waals surface area contributed by atoms with Gasteiger partial charge in [0.2, 0.25) is 0 Å². The molecule has 90 valence electrons. The van der Waals surface area contributed by atoms with E-state index in [2.05, 4.69) is 27.3 Å². The van der Waals surface area contributed by atoms with Gasteiger partial charge in [0.15, 0.2) is 0 Å². The number of aromatic nitrogens is 2. The molecule has 4 heteroatoms. The Labute approximate surface area is 101 Å². The lowest BCUT2D eigenvalue weighted by Gasteiger charge is -2.24. The molecule has 0 aromatic carbocycles. The van der Waals surface area contributed by atoms with E-state index in [4.69, 9.17) is 5.73 Å². The Morgan fingerprint density at radius 2 is 2.06 bits per heavy atom. The molecule has 4 nitrogen and oxygen atoms in total. The van der Waals surface area contributed by atoms with Crippen LogP contribution in [0.15, 0.2) is 23.2 Å². The summed E-state index contributed by atoms with van der Waals surface area (Å²) in [6.07, 6.45) is 8.69. The van der Waals surface area contributed by atoms with Crippen LogP contribution in [0.3, 0.4) is 0 Å². The van der Waals surface area contributed by atoms with Crippen molar-refractivity contribution in [3.63, 3.8) is 0 Å². The highest BCUT2D eigenvalue weighted by Gasteiger charge is 2.22. The highest BCUT2D eigenvalue weighted by molar-refractivity contribution is 6.08. The maximum Gasteiger partial charge on any atom is 0.110 e. The largest absolute Gasteiger partial charge is 0.328 e. The first kappa shape index (κ1) is 10.7. The Morgan fingerprint density at radius 3 is 2.76 bits per heavy atom. The number of aliphatic imine (C=N–C) groups is 1. The predicted octanol–water partition coefficient (Wildman–Crippen LogP) is 1.75. The normalized spacial score (nSPS) is 28.4. The smallest absolute Gasteiger partial charge is 0.110 e. The summed E-state index contributed by atoms with van der Waals surface area (Å²) in [6.45, 7) is 0.788. The Morgan fingerprint density at radius 1 is 1.24 bits per heavy atom. The molecule has 17 heavy (non-hydrogen) atoms. The van der Waals surface area contributed by atoms with E-state index in [1.807, 2.05) is 6.08 Å². The summed E-state index contributed by atoms with van der Waals surface area (Å²) >= 11 is 0. The van der Waals surface area contributed by atoms with Gasteiger partial charge in [-0.25, -0.2) is 0 Å². The third-order valence-corrected chi connectivity index (χ3v) is 3.71. The summed E-state index contributed by atoms with van der Waals surface area (Å²) in [6, 6.07) is 2.55. The second-order valence-electron chi connectivity index (χ2n) is 4.95. The van der Waals surface area contributed by atoms with Crippen LogP contribution >= 0.6 is 0 Å². The molecule has 1 aliphatic heterocycles. The molecule has 3 N–H and O–H groups in total. The van der Waals surface area contributed by atoms with Crippen molar-refractivity contribution in [1.29, 1.82) is 0 Å². The van der Waals surface area contributed by atoms with Crippen molar-refractivity contribution in [3.8, 4) is 0 Å². The molecule has 0 bridgehead atoms. The molecule has 0 amide bonds. The maximum absolute atomic E-state index is 5.93. The maximum atomic E-state index is 5.93. The molecule has 0 radical (unpaired) electrons. The van der Waals surface area contributed by atoms with Gasteiger partial charge in [-0.05, 0) is 37.8 Å². The number of aromatic amines is 1. The van der Waals surface area contributed by atoms with Crippen LogP contribution in [0.2, 0.25) is 0 Å². The number of hydrogen-bond donors (Lipinski definition) is 2. The number of nitrogens with two attached hydrogens (primary N) is 1. The van der Waals surface area contributed by atoms with E-state index in [9.17, 15) is 0 Å². The minimum absolute atomic E-state index is 0.399. The van der Waals surface area contributed by atoms with Gasteiger partial charge in [0.1, 0.15) is 5.69 Å². The highest BCUT2D eigenvalue weighted by Crippen LogP contribution is 2.31. The van der Waals surface area contributed by atoms with Gasteiger partial charge >= 0.3 is 0 Å². The first-order chi connectivity index (χ1) is 8.33. The second-order valence-corrected chi connectivity index (χ2v) is 4.95. The molecule has 2 aliphatic rings. The molecule has 1 aromatic rings. The van der Waals surface area contributed by atoms with Crippen LogP contribution in [0.1, 0.15) is 43.0 Å². The minimum Gasteiger partial charge on any atom is -0.328 e. The van der Waals surface area contributed by atoms with E-state index in [1.165, 1.54) is 18.5 Å². The van der Waals surface area contributed by atoms with E-state index in [-0.39, 0.29) is 0 Å². The Bertz CT molecular complexity index is 450. The molecule has 0 atom stereocenters. The fourth-order valence-corrected chi connectivity index (χ4v) is 2.64. The molecule has 3 rings (SSSR count). The van der Waals surface area contributed by atoms with Gasteiger partial charge in [0.05, 0.1) is 12.3 Å². The summed E-state index contributed by atoms with van der Waals surface area (Å²) < 4.78 is 0. The molecular formula is C13H18N4. The quantitative estimate of drug-likeness (QED) is 0.812. The molecule has 1 saturated carbocycles. The van der Waals surface area contributed by atoms with E-state index in [1.54, 1.807) is 0 Å². The first-order valence-electron chi connectivity index (χ1n) is 6.35. The number of allylic oxidation sites excluding steroid dienone is 1. The van der Waals surface area contributed by atoms with Crippen molar-refractivity contribution in [2.24, 2.45) is 10.7 Å². The number of H-pyrrole nitrogens is 1. The number of nitrogens with one attached hydrogen (secondary N) is 1. The summed E-state index contributed by atoms with van der Waals surface area (Å²) in [5.41, 5.74) is 9.15. The van der Waals surface area contributed by atoms with Crippen LogP contribution in [0.25, 0.3) is 0 Å². The molecule has 1 aromatic heterocycles. The zero-order valence-corrected chi connectivity index (χ0v) is 9.89. The molecule has 1 fully saturated rings. The molecule has 1 aliphatic carbocycles. The van der Waals surface area contributed by atoms with Crippen LogP contribution in [0.4, 0.5) is 0 Å². The zero-order chi connectivity index (χ0) is 11.7. The SMILES string of the molecule is NC1CCC(c2cc(C3=NCC=C3)n[nH]2)CC1. The van der Waals surface area contributed by atoms with E-state index in [0.717, 1.165) is 30.8 Å². The summed E-state index contributed by atoms with van der Waals surface area (Å²) in [5.74, 6) is 0.599. The van der Waals surface area contributed by atoms with Gasteiger partial charge < -0.3 is 5.73 Å². The van der Waals surface area contributed by atoms with Gasteiger partial charge in [-0.3, -0.25) is 10.1 Å². The van der Waals surface area contributed by atoms with Crippen LogP contribution in [-0.4, -0.2) is 28.5 Å².